The molecule has 0 spiro atoms. The molecule has 1 aromatic carbocycles. The summed E-state index contributed by atoms with van der Waals surface area (Å²) in [7, 11) is 0. The molecule has 1 aliphatic rings. The van der Waals surface area contributed by atoms with E-state index >= 15 is 0 Å². The standard InChI is InChI=1S/C18H30N2/c1-2-12-19-13-7-4-8-14-20-15-11-18(16-20)17-9-5-3-6-10-17/h3,5-6,9-10,18-19H,2,4,7-8,11-16H2,1H3. The number of nitrogens with zero attached hydrogens (tertiary/aromatic N) is 1. The fraction of sp³-hybridized carbons (Fsp3) is 0.667. The van der Waals surface area contributed by atoms with Gasteiger partial charge in [0.25, 0.3) is 0 Å². The fourth-order valence-corrected chi connectivity index (χ4v) is 3.10. The van der Waals surface area contributed by atoms with Crippen molar-refractivity contribution in [2.24, 2.45) is 0 Å². The lowest BCUT2D eigenvalue weighted by Gasteiger charge is -2.16. The molecular formula is C18H30N2. The van der Waals surface area contributed by atoms with Crippen LogP contribution in [0, 0.1) is 0 Å². The third-order valence-corrected chi connectivity index (χ3v) is 4.30. The summed E-state index contributed by atoms with van der Waals surface area (Å²) < 4.78 is 0. The van der Waals surface area contributed by atoms with E-state index < -0.39 is 0 Å². The third kappa shape index (κ3) is 5.26. The Hall–Kier alpha value is -0.860. The first-order chi connectivity index (χ1) is 9.90. The Balaban J connectivity index is 1.55. The van der Waals surface area contributed by atoms with Gasteiger partial charge in [-0.05, 0) is 63.3 Å². The molecule has 0 aromatic heterocycles. The monoisotopic (exact) mass is 274 g/mol. The number of hydrogen-bond donors (Lipinski definition) is 1. The van der Waals surface area contributed by atoms with Gasteiger partial charge in [-0.2, -0.15) is 0 Å². The minimum atomic E-state index is 0.766. The Morgan fingerprint density at radius 2 is 1.95 bits per heavy atom. The molecule has 112 valence electrons. The summed E-state index contributed by atoms with van der Waals surface area (Å²) in [6, 6.07) is 11.0. The smallest absolute Gasteiger partial charge is 0.00507 e. The van der Waals surface area contributed by atoms with E-state index in [9.17, 15) is 0 Å². The van der Waals surface area contributed by atoms with Crippen LogP contribution in [0.5, 0.6) is 0 Å². The van der Waals surface area contributed by atoms with Crippen LogP contribution in [-0.4, -0.2) is 37.6 Å². The normalized spacial score (nSPS) is 19.6. The first kappa shape index (κ1) is 15.5. The van der Waals surface area contributed by atoms with Crippen LogP contribution < -0.4 is 5.32 Å². The van der Waals surface area contributed by atoms with Crippen molar-refractivity contribution < 1.29 is 0 Å². The summed E-state index contributed by atoms with van der Waals surface area (Å²) in [5, 5.41) is 3.48. The summed E-state index contributed by atoms with van der Waals surface area (Å²) in [6.07, 6.45) is 6.63. The lowest BCUT2D eigenvalue weighted by molar-refractivity contribution is 0.324. The summed E-state index contributed by atoms with van der Waals surface area (Å²) in [5.41, 5.74) is 1.53. The SMILES string of the molecule is CCCNCCCCCN1CCC(c2ccccc2)C1. The zero-order chi connectivity index (χ0) is 14.0. The topological polar surface area (TPSA) is 15.3 Å². The molecule has 1 aliphatic heterocycles. The van der Waals surface area contributed by atoms with Gasteiger partial charge in [0.1, 0.15) is 0 Å². The van der Waals surface area contributed by atoms with Crippen molar-refractivity contribution in [3.05, 3.63) is 35.9 Å². The molecule has 0 bridgehead atoms. The van der Waals surface area contributed by atoms with Gasteiger partial charge >= 0.3 is 0 Å². The maximum Gasteiger partial charge on any atom is 0.00507 e. The first-order valence-corrected chi connectivity index (χ1v) is 8.38. The van der Waals surface area contributed by atoms with Gasteiger partial charge in [0.2, 0.25) is 0 Å². The molecular weight excluding hydrogens is 244 g/mol. The highest BCUT2D eigenvalue weighted by atomic mass is 15.1. The average Bonchev–Trinajstić information content (AvgIpc) is 2.96. The van der Waals surface area contributed by atoms with Crippen molar-refractivity contribution in [3.8, 4) is 0 Å². The van der Waals surface area contributed by atoms with Crippen LogP contribution in [0.15, 0.2) is 30.3 Å². The second kappa shape index (κ2) is 9.15. The van der Waals surface area contributed by atoms with E-state index in [4.69, 9.17) is 0 Å². The van der Waals surface area contributed by atoms with Crippen LogP contribution >= 0.6 is 0 Å². The third-order valence-electron chi connectivity index (χ3n) is 4.30. The number of unbranched alkanes of at least 4 members (excludes halogenated alkanes) is 2. The van der Waals surface area contributed by atoms with Gasteiger partial charge in [0, 0.05) is 6.54 Å². The Labute approximate surface area is 124 Å². The second-order valence-electron chi connectivity index (χ2n) is 6.01. The molecule has 1 atom stereocenters. The molecule has 0 amide bonds. The van der Waals surface area contributed by atoms with E-state index in [1.165, 1.54) is 70.4 Å². The molecule has 0 saturated carbocycles. The summed E-state index contributed by atoms with van der Waals surface area (Å²) in [4.78, 5) is 2.65. The van der Waals surface area contributed by atoms with Crippen molar-refractivity contribution >= 4 is 0 Å². The molecule has 0 aliphatic carbocycles. The van der Waals surface area contributed by atoms with E-state index in [1.54, 1.807) is 0 Å². The molecule has 1 aromatic rings. The molecule has 0 radical (unpaired) electrons. The van der Waals surface area contributed by atoms with Crippen LogP contribution in [0.2, 0.25) is 0 Å². The zero-order valence-electron chi connectivity index (χ0n) is 13.0. The Morgan fingerprint density at radius 1 is 1.10 bits per heavy atom. The highest BCUT2D eigenvalue weighted by molar-refractivity contribution is 5.20. The molecule has 2 rings (SSSR count). The number of benzene rings is 1. The Kier molecular flexibility index (Phi) is 7.10. The van der Waals surface area contributed by atoms with Crippen LogP contribution in [0.25, 0.3) is 0 Å². The molecule has 1 fully saturated rings. The lowest BCUT2D eigenvalue weighted by Crippen LogP contribution is -2.22. The number of nitrogens with one attached hydrogen (secondary N) is 1. The van der Waals surface area contributed by atoms with Crippen molar-refractivity contribution in [1.29, 1.82) is 0 Å². The minimum Gasteiger partial charge on any atom is -0.317 e. The molecule has 20 heavy (non-hydrogen) atoms. The van der Waals surface area contributed by atoms with Crippen LogP contribution in [0.4, 0.5) is 0 Å². The lowest BCUT2D eigenvalue weighted by atomic mass is 9.99. The van der Waals surface area contributed by atoms with Crippen molar-refractivity contribution in [2.45, 2.75) is 44.9 Å². The number of hydrogen-bond acceptors (Lipinski definition) is 2. The van der Waals surface area contributed by atoms with E-state index in [1.807, 2.05) is 0 Å². The highest BCUT2D eigenvalue weighted by Crippen LogP contribution is 2.26. The highest BCUT2D eigenvalue weighted by Gasteiger charge is 2.22. The van der Waals surface area contributed by atoms with Crippen LogP contribution in [0.3, 0.4) is 0 Å². The van der Waals surface area contributed by atoms with Gasteiger partial charge in [0.05, 0.1) is 0 Å². The van der Waals surface area contributed by atoms with Gasteiger partial charge in [-0.1, -0.05) is 43.7 Å². The largest absolute Gasteiger partial charge is 0.317 e. The Morgan fingerprint density at radius 3 is 2.75 bits per heavy atom. The van der Waals surface area contributed by atoms with Gasteiger partial charge in [-0.15, -0.1) is 0 Å². The number of likely N-dealkylation sites (tertiary alicyclic amines) is 1. The molecule has 2 heteroatoms. The maximum absolute atomic E-state index is 3.48. The van der Waals surface area contributed by atoms with Crippen LogP contribution in [0.1, 0.15) is 50.5 Å². The summed E-state index contributed by atoms with van der Waals surface area (Å²) in [6.45, 7) is 8.43. The van der Waals surface area contributed by atoms with Gasteiger partial charge in [-0.25, -0.2) is 0 Å². The average molecular weight is 274 g/mol. The fourth-order valence-electron chi connectivity index (χ4n) is 3.10. The van der Waals surface area contributed by atoms with E-state index in [0.717, 1.165) is 5.92 Å². The Bertz CT molecular complexity index is 350. The van der Waals surface area contributed by atoms with Crippen LogP contribution in [-0.2, 0) is 0 Å². The second-order valence-corrected chi connectivity index (χ2v) is 6.01. The summed E-state index contributed by atoms with van der Waals surface area (Å²) >= 11 is 0. The zero-order valence-corrected chi connectivity index (χ0v) is 13.0. The first-order valence-electron chi connectivity index (χ1n) is 8.38. The maximum atomic E-state index is 3.48. The summed E-state index contributed by atoms with van der Waals surface area (Å²) in [5.74, 6) is 0.766. The molecule has 2 nitrogen and oxygen atoms in total. The predicted octanol–water partition coefficient (Wildman–Crippen LogP) is 3.65. The molecule has 1 N–H and O–H groups in total. The molecule has 1 saturated heterocycles. The van der Waals surface area contributed by atoms with E-state index in [-0.39, 0.29) is 0 Å². The van der Waals surface area contributed by atoms with Gasteiger partial charge in [0.15, 0.2) is 0 Å². The van der Waals surface area contributed by atoms with Crippen molar-refractivity contribution in [2.75, 3.05) is 32.7 Å². The molecule has 1 heterocycles. The number of rotatable bonds is 9. The van der Waals surface area contributed by atoms with E-state index in [2.05, 4.69) is 47.5 Å². The predicted molar refractivity (Wildman–Crippen MR) is 87.3 cm³/mol. The van der Waals surface area contributed by atoms with E-state index in [0.29, 0.717) is 0 Å². The van der Waals surface area contributed by atoms with Gasteiger partial charge < -0.3 is 10.2 Å². The van der Waals surface area contributed by atoms with Crippen molar-refractivity contribution in [3.63, 3.8) is 0 Å². The molecule has 1 unspecified atom stereocenters. The van der Waals surface area contributed by atoms with Crippen molar-refractivity contribution in [1.82, 2.24) is 10.2 Å². The van der Waals surface area contributed by atoms with Gasteiger partial charge in [-0.3, -0.25) is 0 Å². The minimum absolute atomic E-state index is 0.766. The quantitative estimate of drug-likeness (QED) is 0.692.